The van der Waals surface area contributed by atoms with Crippen LogP contribution in [0.1, 0.15) is 216 Å². The highest BCUT2D eigenvalue weighted by molar-refractivity contribution is 5.90. The van der Waals surface area contributed by atoms with E-state index in [-0.39, 0.29) is 87.0 Å². The molecule has 0 saturated heterocycles. The second kappa shape index (κ2) is 22.8. The smallest absolute Gasteiger partial charge is 0.339 e. The van der Waals surface area contributed by atoms with Crippen molar-refractivity contribution in [1.82, 2.24) is 0 Å². The number of carbonyl (C=O) groups is 2. The van der Waals surface area contributed by atoms with Crippen LogP contribution in [-0.4, -0.2) is 74.1 Å². The first-order valence-corrected chi connectivity index (χ1v) is 31.8. The van der Waals surface area contributed by atoms with Gasteiger partial charge in [-0.15, -0.1) is 0 Å². The van der Waals surface area contributed by atoms with Crippen molar-refractivity contribution in [2.45, 2.75) is 220 Å². The predicted octanol–water partition coefficient (Wildman–Crippen LogP) is 14.1. The minimum atomic E-state index is -1.11. The van der Waals surface area contributed by atoms with Crippen LogP contribution in [0.5, 0.6) is 5.75 Å². The number of carboxylic acid groups (broad SMARTS) is 1. The molecule has 0 heterocycles. The minimum absolute atomic E-state index is 0.0542. The van der Waals surface area contributed by atoms with Crippen molar-refractivity contribution in [3.05, 3.63) is 70.8 Å². The van der Waals surface area contributed by atoms with Gasteiger partial charge in [0.25, 0.3) is 0 Å². The predicted molar refractivity (Wildman–Crippen MR) is 308 cm³/mol. The Balaban J connectivity index is 0.878. The Morgan fingerprint density at radius 3 is 1.79 bits per heavy atom. The van der Waals surface area contributed by atoms with E-state index in [0.717, 1.165) is 113 Å². The summed E-state index contributed by atoms with van der Waals surface area (Å²) in [6.07, 6.45) is 26.4. The number of ether oxygens (including phenoxy) is 1. The van der Waals surface area contributed by atoms with Gasteiger partial charge in [-0.25, -0.2) is 4.79 Å². The van der Waals surface area contributed by atoms with Gasteiger partial charge in [-0.3, -0.25) is 4.79 Å². The highest BCUT2D eigenvalue weighted by Crippen LogP contribution is 2.72. The van der Waals surface area contributed by atoms with E-state index in [0.29, 0.717) is 65.1 Å². The van der Waals surface area contributed by atoms with Crippen molar-refractivity contribution in [3.63, 3.8) is 0 Å². The van der Waals surface area contributed by atoms with Crippen LogP contribution in [-0.2, 0) is 16.0 Å². The fraction of sp³-hybridized carbons (Fsp3) is 0.768. The van der Waals surface area contributed by atoms with Crippen molar-refractivity contribution >= 4 is 18.0 Å². The lowest BCUT2D eigenvalue weighted by atomic mass is 9.41. The van der Waals surface area contributed by atoms with E-state index in [1.54, 1.807) is 6.07 Å². The van der Waals surface area contributed by atoms with Crippen LogP contribution < -0.4 is 0 Å². The number of carboxylic acids is 1. The molecular formula is C69H102O9. The number of rotatable bonds is 17. The summed E-state index contributed by atoms with van der Waals surface area (Å²) in [5, 5.41) is 68.1. The number of hydrogen-bond donors (Lipinski definition) is 6. The molecule has 0 radical (unpaired) electrons. The average molecular weight is 1080 g/mol. The van der Waals surface area contributed by atoms with Crippen molar-refractivity contribution in [3.8, 4) is 5.75 Å². The normalized spacial score (nSPS) is 43.0. The van der Waals surface area contributed by atoms with Crippen LogP contribution in [0.4, 0.5) is 0 Å². The first-order valence-electron chi connectivity index (χ1n) is 31.8. The average Bonchev–Trinajstić information content (AvgIpc) is 3.85. The highest BCUT2D eigenvalue weighted by Gasteiger charge is 2.67. The Morgan fingerprint density at radius 2 is 1.22 bits per heavy atom. The van der Waals surface area contributed by atoms with E-state index in [1.165, 1.54) is 58.1 Å². The number of hydrogen-bond acceptors (Lipinski definition) is 8. The maximum atomic E-state index is 13.3. The molecule has 0 aromatic heterocycles. The molecule has 8 aliphatic rings. The molecule has 78 heavy (non-hydrogen) atoms. The molecule has 1 unspecified atom stereocenters. The standard InChI is InChI=1S/C69H102O9/c1-9-48-57-38-46(70)29-33-68(57,6)55-32-36-67(5)52(26-28-54(67)60(55)62(48)73)45(16-11-14-42-19-22-44(23-20-42)41(3)65(77)78-8)17-12-18-49-58-39-47(71)30-34-69(58,7)56-31-35-66(4)51(25-27-53(66)61(56)63(49)74)40(2)13-10-15-43-21-24-50(64(75)76)59(72)37-43/h11,14,19-24,37,40-41,45-49,51-58,60-63,70-74H,9-10,12-13,15-18,25-36,38-39H2,1-8H3,(H,75,76)/b14-11+/t40-,41?,45+,46-,47-,48-,49-,51-,52-,53+,54+,55+,56+,57+,58+,60+,61+,62-,63-,66-,67-,68-,69-/m1/s1. The zero-order valence-electron chi connectivity index (χ0n) is 49.1. The maximum absolute atomic E-state index is 13.3. The molecule has 0 bridgehead atoms. The van der Waals surface area contributed by atoms with Gasteiger partial charge in [0.15, 0.2) is 0 Å². The molecule has 8 fully saturated rings. The van der Waals surface area contributed by atoms with Gasteiger partial charge in [0.05, 0.1) is 37.4 Å². The molecular weight excluding hydrogens is 973 g/mol. The number of aromatic carboxylic acids is 1. The number of aryl methyl sites for hydroxylation is 1. The van der Waals surface area contributed by atoms with E-state index >= 15 is 0 Å². The summed E-state index contributed by atoms with van der Waals surface area (Å²) < 4.78 is 5.04. The largest absolute Gasteiger partial charge is 0.507 e. The van der Waals surface area contributed by atoms with E-state index in [9.17, 15) is 40.2 Å². The van der Waals surface area contributed by atoms with Crippen molar-refractivity contribution < 1.29 is 45.0 Å². The number of aliphatic hydroxyl groups is 4. The van der Waals surface area contributed by atoms with Gasteiger partial charge in [-0.1, -0.05) is 103 Å². The number of esters is 1. The molecule has 2 aromatic rings. The van der Waals surface area contributed by atoms with Crippen LogP contribution in [0.3, 0.4) is 0 Å². The summed E-state index contributed by atoms with van der Waals surface area (Å²) in [5.74, 6) is 3.86. The summed E-state index contributed by atoms with van der Waals surface area (Å²) in [6, 6.07) is 13.3. The molecule has 0 amide bonds. The number of allylic oxidation sites excluding steroid dienone is 1. The lowest BCUT2D eigenvalue weighted by Gasteiger charge is -2.65. The SMILES string of the molecule is CC[C@H]1[C@@H](O)[C@@H]2[C@H](CC[C@]3(C)[C@@H]([C@@H](C/C=C/c4ccc(C(C)C(=O)OC)cc4)CCC[C@H]4[C@@H](O)[C@@H]5[C@H](CC[C@]6(C)[C@@H]([C@H](C)CCCc7ccc(C(=O)O)c(O)c7)CC[C@@H]56)[C@@]5(C)CC[C@@H](O)C[C@@H]45)CC[C@@H]23)[C@@]2(C)CC[C@@H](O)C[C@@H]12. The summed E-state index contributed by atoms with van der Waals surface area (Å²) in [5.41, 5.74) is 3.56. The quantitative estimate of drug-likeness (QED) is 0.0846. The third kappa shape index (κ3) is 10.2. The van der Waals surface area contributed by atoms with Gasteiger partial charge >= 0.3 is 11.9 Å². The molecule has 9 nitrogen and oxygen atoms in total. The fourth-order valence-electron chi connectivity index (χ4n) is 22.0. The molecule has 10 rings (SSSR count). The van der Waals surface area contributed by atoms with E-state index < -0.39 is 5.97 Å². The monoisotopic (exact) mass is 1070 g/mol. The zero-order chi connectivity index (χ0) is 55.6. The van der Waals surface area contributed by atoms with E-state index in [4.69, 9.17) is 4.74 Å². The first kappa shape index (κ1) is 58.0. The zero-order valence-corrected chi connectivity index (χ0v) is 49.1. The Morgan fingerprint density at radius 1 is 0.667 bits per heavy atom. The summed E-state index contributed by atoms with van der Waals surface area (Å²) in [4.78, 5) is 23.9. The third-order valence-corrected chi connectivity index (χ3v) is 26.0. The van der Waals surface area contributed by atoms with Gasteiger partial charge in [0, 0.05) is 0 Å². The number of fused-ring (bicyclic) bond motifs is 10. The molecule has 432 valence electrons. The highest BCUT2D eigenvalue weighted by atomic mass is 16.5. The van der Waals surface area contributed by atoms with E-state index in [1.807, 2.05) is 13.0 Å². The summed E-state index contributed by atoms with van der Waals surface area (Å²) in [6.45, 7) is 16.9. The molecule has 6 N–H and O–H groups in total. The molecule has 9 heteroatoms. The van der Waals surface area contributed by atoms with Gasteiger partial charge < -0.3 is 35.4 Å². The Bertz CT molecular complexity index is 2450. The van der Waals surface area contributed by atoms with Crippen molar-refractivity contribution in [1.29, 1.82) is 0 Å². The van der Waals surface area contributed by atoms with Crippen LogP contribution >= 0.6 is 0 Å². The van der Waals surface area contributed by atoms with E-state index in [2.05, 4.69) is 78.0 Å². The fourth-order valence-corrected chi connectivity index (χ4v) is 22.0. The van der Waals surface area contributed by atoms with Crippen LogP contribution in [0.2, 0.25) is 0 Å². The molecule has 2 aromatic carbocycles. The van der Waals surface area contributed by atoms with Crippen LogP contribution in [0.25, 0.3) is 6.08 Å². The Kier molecular flexibility index (Phi) is 17.0. The molecule has 8 aliphatic carbocycles. The van der Waals surface area contributed by atoms with Gasteiger partial charge in [0.1, 0.15) is 11.3 Å². The van der Waals surface area contributed by atoms with Crippen LogP contribution in [0.15, 0.2) is 48.5 Å². The molecule has 0 spiro atoms. The second-order valence-corrected chi connectivity index (χ2v) is 29.1. The lowest BCUT2D eigenvalue weighted by molar-refractivity contribution is -0.205. The van der Waals surface area contributed by atoms with Crippen LogP contribution in [0, 0.1) is 105 Å². The molecule has 0 aliphatic heterocycles. The Hall–Kier alpha value is -3.24. The van der Waals surface area contributed by atoms with Gasteiger partial charge in [0.2, 0.25) is 0 Å². The summed E-state index contributed by atoms with van der Waals surface area (Å²) >= 11 is 0. The van der Waals surface area contributed by atoms with Crippen molar-refractivity contribution in [2.24, 2.45) is 105 Å². The van der Waals surface area contributed by atoms with Gasteiger partial charge in [-0.05, 0) is 262 Å². The lowest BCUT2D eigenvalue weighted by Crippen LogP contribution is -2.62. The molecule has 8 saturated carbocycles. The number of aliphatic hydroxyl groups excluding tert-OH is 4. The third-order valence-electron chi connectivity index (χ3n) is 26.0. The Labute approximate surface area is 469 Å². The molecule has 23 atom stereocenters. The maximum Gasteiger partial charge on any atom is 0.339 e. The number of phenols is 1. The van der Waals surface area contributed by atoms with Crippen molar-refractivity contribution in [2.75, 3.05) is 7.11 Å². The second-order valence-electron chi connectivity index (χ2n) is 29.1. The first-order chi connectivity index (χ1) is 37.2. The number of methoxy groups -OCH3 is 1. The summed E-state index contributed by atoms with van der Waals surface area (Å²) in [7, 11) is 1.44. The number of aromatic hydroxyl groups is 1. The minimum Gasteiger partial charge on any atom is -0.507 e. The number of carbonyl (C=O) groups excluding carboxylic acids is 1. The number of benzene rings is 2. The topological polar surface area (TPSA) is 165 Å². The van der Waals surface area contributed by atoms with Gasteiger partial charge in [-0.2, -0.15) is 0 Å².